The summed E-state index contributed by atoms with van der Waals surface area (Å²) in [5, 5.41) is 3.39. The van der Waals surface area contributed by atoms with Gasteiger partial charge in [-0.15, -0.1) is 0 Å². The van der Waals surface area contributed by atoms with Crippen molar-refractivity contribution in [2.75, 3.05) is 28.8 Å². The molecule has 138 valence electrons. The number of nitrogens with zero attached hydrogens (tertiary/aromatic N) is 2. The number of carbonyl (C=O) groups is 1. The maximum Gasteiger partial charge on any atom is 0.255 e. The molecule has 1 saturated heterocycles. The summed E-state index contributed by atoms with van der Waals surface area (Å²) in [6, 6.07) is 8.49. The molecular formula is C18H20ClN3O3S. The van der Waals surface area contributed by atoms with Crippen molar-refractivity contribution in [2.45, 2.75) is 19.4 Å². The van der Waals surface area contributed by atoms with E-state index < -0.39 is 9.84 Å². The van der Waals surface area contributed by atoms with Gasteiger partial charge in [0.1, 0.15) is 5.82 Å². The molecule has 1 fully saturated rings. The Balaban J connectivity index is 1.76. The topological polar surface area (TPSA) is 79.4 Å². The SMILES string of the molecule is Cc1ccc(NC(=O)c2ccnc(N(C)C3CCS(=O)(=O)C3)c2)cc1Cl. The number of carbonyl (C=O) groups excluding carboxylic acids is 1. The average molecular weight is 394 g/mol. The van der Waals surface area contributed by atoms with Gasteiger partial charge in [0, 0.05) is 35.6 Å². The molecule has 0 radical (unpaired) electrons. The molecule has 3 rings (SSSR count). The van der Waals surface area contributed by atoms with Gasteiger partial charge in [0.25, 0.3) is 5.91 Å². The van der Waals surface area contributed by atoms with E-state index in [9.17, 15) is 13.2 Å². The van der Waals surface area contributed by atoms with Gasteiger partial charge < -0.3 is 10.2 Å². The molecule has 0 spiro atoms. The molecule has 2 aromatic rings. The molecule has 2 heterocycles. The van der Waals surface area contributed by atoms with Crippen LogP contribution in [0.15, 0.2) is 36.5 Å². The first kappa shape index (κ1) is 18.7. The Bertz CT molecular complexity index is 946. The lowest BCUT2D eigenvalue weighted by molar-refractivity contribution is 0.102. The normalized spacial score (nSPS) is 18.5. The van der Waals surface area contributed by atoms with E-state index in [-0.39, 0.29) is 23.5 Å². The Labute approximate surface area is 158 Å². The van der Waals surface area contributed by atoms with Crippen LogP contribution in [-0.2, 0) is 9.84 Å². The maximum atomic E-state index is 12.5. The van der Waals surface area contributed by atoms with Crippen LogP contribution in [0.25, 0.3) is 0 Å². The van der Waals surface area contributed by atoms with E-state index in [0.717, 1.165) is 5.56 Å². The van der Waals surface area contributed by atoms with Crippen molar-refractivity contribution in [3.8, 4) is 0 Å². The predicted molar refractivity (Wildman–Crippen MR) is 104 cm³/mol. The number of nitrogens with one attached hydrogen (secondary N) is 1. The first-order valence-electron chi connectivity index (χ1n) is 8.22. The van der Waals surface area contributed by atoms with Crippen molar-refractivity contribution in [2.24, 2.45) is 0 Å². The summed E-state index contributed by atoms with van der Waals surface area (Å²) in [4.78, 5) is 18.6. The number of aryl methyl sites for hydroxylation is 1. The van der Waals surface area contributed by atoms with Crippen molar-refractivity contribution in [3.63, 3.8) is 0 Å². The summed E-state index contributed by atoms with van der Waals surface area (Å²) in [5.74, 6) is 0.600. The van der Waals surface area contributed by atoms with Crippen molar-refractivity contribution >= 4 is 38.9 Å². The molecule has 1 N–H and O–H groups in total. The highest BCUT2D eigenvalue weighted by Gasteiger charge is 2.31. The summed E-state index contributed by atoms with van der Waals surface area (Å²) in [6.07, 6.45) is 2.12. The van der Waals surface area contributed by atoms with Crippen molar-refractivity contribution in [3.05, 3.63) is 52.7 Å². The van der Waals surface area contributed by atoms with E-state index in [1.165, 1.54) is 0 Å². The zero-order chi connectivity index (χ0) is 18.9. The van der Waals surface area contributed by atoms with Crippen LogP contribution in [0.3, 0.4) is 0 Å². The number of hydrogen-bond acceptors (Lipinski definition) is 5. The minimum absolute atomic E-state index is 0.115. The van der Waals surface area contributed by atoms with Gasteiger partial charge in [-0.25, -0.2) is 13.4 Å². The Hall–Kier alpha value is -2.12. The van der Waals surface area contributed by atoms with E-state index in [0.29, 0.717) is 28.5 Å². The molecule has 0 aliphatic carbocycles. The number of halogens is 1. The fraction of sp³-hybridized carbons (Fsp3) is 0.333. The summed E-state index contributed by atoms with van der Waals surface area (Å²) >= 11 is 6.09. The van der Waals surface area contributed by atoms with Crippen molar-refractivity contribution in [1.29, 1.82) is 0 Å². The van der Waals surface area contributed by atoms with Crippen LogP contribution in [0.4, 0.5) is 11.5 Å². The van der Waals surface area contributed by atoms with E-state index in [2.05, 4.69) is 10.3 Å². The minimum Gasteiger partial charge on any atom is -0.356 e. The third-order valence-electron chi connectivity index (χ3n) is 4.55. The number of rotatable bonds is 4. The van der Waals surface area contributed by atoms with Gasteiger partial charge >= 0.3 is 0 Å². The third-order valence-corrected chi connectivity index (χ3v) is 6.71. The molecule has 6 nitrogen and oxygen atoms in total. The third kappa shape index (κ3) is 4.16. The van der Waals surface area contributed by atoms with Gasteiger partial charge in [0.2, 0.25) is 0 Å². The number of aromatic nitrogens is 1. The quantitative estimate of drug-likeness (QED) is 0.863. The van der Waals surface area contributed by atoms with E-state index in [4.69, 9.17) is 11.6 Å². The summed E-state index contributed by atoms with van der Waals surface area (Å²) < 4.78 is 23.4. The highest BCUT2D eigenvalue weighted by Crippen LogP contribution is 2.23. The fourth-order valence-electron chi connectivity index (χ4n) is 2.89. The molecule has 1 amide bonds. The lowest BCUT2D eigenvalue weighted by Crippen LogP contribution is -2.33. The lowest BCUT2D eigenvalue weighted by Gasteiger charge is -2.24. The smallest absolute Gasteiger partial charge is 0.255 e. The molecule has 1 aromatic heterocycles. The zero-order valence-corrected chi connectivity index (χ0v) is 16.1. The monoisotopic (exact) mass is 393 g/mol. The first-order chi connectivity index (χ1) is 12.2. The summed E-state index contributed by atoms with van der Waals surface area (Å²) in [5.41, 5.74) is 1.99. The Morgan fingerprint density at radius 3 is 2.73 bits per heavy atom. The summed E-state index contributed by atoms with van der Waals surface area (Å²) in [6.45, 7) is 1.89. The summed E-state index contributed by atoms with van der Waals surface area (Å²) in [7, 11) is -1.18. The van der Waals surface area contributed by atoms with Crippen LogP contribution in [0.2, 0.25) is 5.02 Å². The minimum atomic E-state index is -2.98. The molecule has 0 bridgehead atoms. The van der Waals surface area contributed by atoms with Gasteiger partial charge in [-0.3, -0.25) is 4.79 Å². The van der Waals surface area contributed by atoms with Crippen LogP contribution in [0.5, 0.6) is 0 Å². The van der Waals surface area contributed by atoms with Crippen LogP contribution >= 0.6 is 11.6 Å². The van der Waals surface area contributed by atoms with Crippen LogP contribution in [0, 0.1) is 6.92 Å². The highest BCUT2D eigenvalue weighted by molar-refractivity contribution is 7.91. The van der Waals surface area contributed by atoms with E-state index in [1.54, 1.807) is 37.5 Å². The number of amides is 1. The predicted octanol–water partition coefficient (Wildman–Crippen LogP) is 2.92. The zero-order valence-electron chi connectivity index (χ0n) is 14.6. The average Bonchev–Trinajstić information content (AvgIpc) is 2.97. The maximum absolute atomic E-state index is 12.5. The lowest BCUT2D eigenvalue weighted by atomic mass is 10.2. The van der Waals surface area contributed by atoms with E-state index >= 15 is 0 Å². The Kier molecular flexibility index (Phi) is 5.20. The first-order valence-corrected chi connectivity index (χ1v) is 10.4. The van der Waals surface area contributed by atoms with E-state index in [1.807, 2.05) is 17.9 Å². The molecule has 0 saturated carbocycles. The standard InChI is InChI=1S/C18H20ClN3O3S/c1-12-3-4-14(10-16(12)19)21-18(23)13-5-7-20-17(9-13)22(2)15-6-8-26(24,25)11-15/h3-5,7,9-10,15H,6,8,11H2,1-2H3,(H,21,23). The van der Waals surface area contributed by atoms with Gasteiger partial charge in [-0.2, -0.15) is 0 Å². The second-order valence-electron chi connectivity index (χ2n) is 6.49. The van der Waals surface area contributed by atoms with Gasteiger partial charge in [0.05, 0.1) is 11.5 Å². The van der Waals surface area contributed by atoms with Gasteiger partial charge in [0.15, 0.2) is 9.84 Å². The van der Waals surface area contributed by atoms with Crippen LogP contribution < -0.4 is 10.2 Å². The molecular weight excluding hydrogens is 374 g/mol. The van der Waals surface area contributed by atoms with Crippen molar-refractivity contribution in [1.82, 2.24) is 4.98 Å². The second kappa shape index (κ2) is 7.25. The second-order valence-corrected chi connectivity index (χ2v) is 9.12. The Morgan fingerprint density at radius 1 is 1.31 bits per heavy atom. The number of hydrogen-bond donors (Lipinski definition) is 1. The van der Waals surface area contributed by atoms with Crippen LogP contribution in [0.1, 0.15) is 22.3 Å². The molecule has 1 aliphatic rings. The number of sulfone groups is 1. The molecule has 26 heavy (non-hydrogen) atoms. The molecule has 1 unspecified atom stereocenters. The highest BCUT2D eigenvalue weighted by atomic mass is 35.5. The van der Waals surface area contributed by atoms with Crippen molar-refractivity contribution < 1.29 is 13.2 Å². The van der Waals surface area contributed by atoms with Gasteiger partial charge in [-0.05, 0) is 43.2 Å². The van der Waals surface area contributed by atoms with Gasteiger partial charge in [-0.1, -0.05) is 17.7 Å². The largest absolute Gasteiger partial charge is 0.356 e. The molecule has 1 atom stereocenters. The number of anilines is 2. The number of pyridine rings is 1. The number of benzene rings is 1. The van der Waals surface area contributed by atoms with Crippen LogP contribution in [-0.4, -0.2) is 43.9 Å². The molecule has 1 aliphatic heterocycles. The fourth-order valence-corrected chi connectivity index (χ4v) is 4.85. The molecule has 1 aromatic carbocycles. The Morgan fingerprint density at radius 2 is 2.08 bits per heavy atom. The molecule has 8 heteroatoms.